The van der Waals surface area contributed by atoms with Gasteiger partial charge < -0.3 is 10.2 Å². The van der Waals surface area contributed by atoms with Gasteiger partial charge in [-0.3, -0.25) is 14.7 Å². The van der Waals surface area contributed by atoms with E-state index in [-0.39, 0.29) is 12.3 Å². The molecular weight excluding hydrogens is 388 g/mol. The van der Waals surface area contributed by atoms with E-state index in [4.69, 9.17) is 11.6 Å². The summed E-state index contributed by atoms with van der Waals surface area (Å²) in [6, 6.07) is 1.77. The molecular formula is C15H16BrClN2O4. The summed E-state index contributed by atoms with van der Waals surface area (Å²) in [4.78, 5) is 23.1. The topological polar surface area (TPSA) is 103 Å². The molecule has 1 heterocycles. The Bertz CT molecular complexity index is 772. The quantitative estimate of drug-likeness (QED) is 0.641. The van der Waals surface area contributed by atoms with Crippen molar-refractivity contribution in [2.75, 3.05) is 0 Å². The van der Waals surface area contributed by atoms with Crippen molar-refractivity contribution in [1.29, 1.82) is 0 Å². The van der Waals surface area contributed by atoms with Crippen molar-refractivity contribution < 1.29 is 19.8 Å². The third-order valence-corrected chi connectivity index (χ3v) is 5.06. The third kappa shape index (κ3) is 3.21. The van der Waals surface area contributed by atoms with Gasteiger partial charge in [0.2, 0.25) is 0 Å². The van der Waals surface area contributed by atoms with Crippen molar-refractivity contribution in [1.82, 2.24) is 10.2 Å². The summed E-state index contributed by atoms with van der Waals surface area (Å²) in [6.07, 6.45) is 1.69. The molecule has 0 unspecified atom stereocenters. The molecule has 2 aromatic rings. The minimum Gasteiger partial charge on any atom is -0.481 e. The van der Waals surface area contributed by atoms with Gasteiger partial charge in [0.15, 0.2) is 0 Å². The van der Waals surface area contributed by atoms with E-state index in [0.29, 0.717) is 5.56 Å². The van der Waals surface area contributed by atoms with Crippen LogP contribution < -0.4 is 0 Å². The normalized spacial score (nSPS) is 13.2. The van der Waals surface area contributed by atoms with Crippen LogP contribution in [0.15, 0.2) is 16.7 Å². The molecule has 23 heavy (non-hydrogen) atoms. The number of carboxylic acid groups (broad SMARTS) is 2. The van der Waals surface area contributed by atoms with Crippen LogP contribution in [0.25, 0.3) is 10.9 Å². The van der Waals surface area contributed by atoms with Gasteiger partial charge in [0.05, 0.1) is 23.0 Å². The first-order valence-electron chi connectivity index (χ1n) is 6.85. The molecule has 1 aromatic heterocycles. The van der Waals surface area contributed by atoms with E-state index >= 15 is 0 Å². The monoisotopic (exact) mass is 402 g/mol. The van der Waals surface area contributed by atoms with E-state index in [1.807, 2.05) is 0 Å². The van der Waals surface area contributed by atoms with E-state index in [1.165, 1.54) is 13.8 Å². The number of halogens is 2. The Morgan fingerprint density at radius 3 is 2.61 bits per heavy atom. The van der Waals surface area contributed by atoms with Crippen molar-refractivity contribution in [2.24, 2.45) is 11.3 Å². The van der Waals surface area contributed by atoms with Gasteiger partial charge in [0, 0.05) is 15.7 Å². The maximum absolute atomic E-state index is 11.6. The van der Waals surface area contributed by atoms with Crippen molar-refractivity contribution in [3.8, 4) is 0 Å². The minimum absolute atomic E-state index is 0.0659. The first-order valence-corrected chi connectivity index (χ1v) is 8.18. The molecule has 0 saturated heterocycles. The van der Waals surface area contributed by atoms with E-state index in [0.717, 1.165) is 20.9 Å². The summed E-state index contributed by atoms with van der Waals surface area (Å²) < 4.78 is 0.728. The average Bonchev–Trinajstić information content (AvgIpc) is 2.94. The van der Waals surface area contributed by atoms with E-state index < -0.39 is 23.3 Å². The molecule has 0 saturated carbocycles. The molecule has 0 spiro atoms. The number of aromatic nitrogens is 2. The van der Waals surface area contributed by atoms with Gasteiger partial charge >= 0.3 is 11.9 Å². The first-order chi connectivity index (χ1) is 10.7. The maximum atomic E-state index is 11.6. The molecule has 3 N–H and O–H groups in total. The lowest BCUT2D eigenvalue weighted by Crippen LogP contribution is -2.39. The van der Waals surface area contributed by atoms with Crippen LogP contribution in [0.5, 0.6) is 0 Å². The minimum atomic E-state index is -1.41. The van der Waals surface area contributed by atoms with Crippen molar-refractivity contribution in [3.63, 3.8) is 0 Å². The Labute approximate surface area is 146 Å². The summed E-state index contributed by atoms with van der Waals surface area (Å²) >= 11 is 9.46. The molecule has 0 radical (unpaired) electrons. The standard InChI is InChI=1S/C15H16BrClN2O4/c1-15(2,14(22)23)10(13(20)21)3-7-4-11(16)12-9(6-18-19-12)8(7)5-17/h4,6,10H,3,5H2,1-2H3,(H,18,19)(H,20,21)(H,22,23)/t10-/m1/s1. The van der Waals surface area contributed by atoms with Crippen molar-refractivity contribution >= 4 is 50.4 Å². The van der Waals surface area contributed by atoms with Crippen LogP contribution in [0.4, 0.5) is 0 Å². The number of H-pyrrole nitrogens is 1. The van der Waals surface area contributed by atoms with Gasteiger partial charge in [-0.15, -0.1) is 11.6 Å². The number of aliphatic carboxylic acids is 2. The highest BCUT2D eigenvalue weighted by atomic mass is 79.9. The summed E-state index contributed by atoms with van der Waals surface area (Å²) in [5, 5.41) is 26.5. The van der Waals surface area contributed by atoms with Crippen LogP contribution in [0.1, 0.15) is 25.0 Å². The third-order valence-electron chi connectivity index (χ3n) is 4.17. The lowest BCUT2D eigenvalue weighted by Gasteiger charge is -2.27. The van der Waals surface area contributed by atoms with E-state index in [2.05, 4.69) is 26.1 Å². The van der Waals surface area contributed by atoms with Gasteiger partial charge in [0.25, 0.3) is 0 Å². The Kier molecular flexibility index (Phi) is 5.01. The SMILES string of the molecule is CC(C)(C(=O)O)[C@H](Cc1cc(Br)c2[nH]ncc2c1CCl)C(=O)O. The number of benzene rings is 1. The second-order valence-corrected chi connectivity index (χ2v) is 7.03. The van der Waals surface area contributed by atoms with Gasteiger partial charge in [-0.25, -0.2) is 0 Å². The Morgan fingerprint density at radius 1 is 1.43 bits per heavy atom. The number of nitrogens with one attached hydrogen (secondary N) is 1. The summed E-state index contributed by atoms with van der Waals surface area (Å²) in [7, 11) is 0. The molecule has 1 aromatic carbocycles. The molecule has 124 valence electrons. The number of hydrogen-bond acceptors (Lipinski definition) is 3. The predicted molar refractivity (Wildman–Crippen MR) is 89.6 cm³/mol. The summed E-state index contributed by atoms with van der Waals surface area (Å²) in [5.41, 5.74) is 0.815. The van der Waals surface area contributed by atoms with Crippen LogP contribution in [0.2, 0.25) is 0 Å². The second kappa shape index (κ2) is 6.49. The van der Waals surface area contributed by atoms with Crippen molar-refractivity contribution in [2.45, 2.75) is 26.1 Å². The van der Waals surface area contributed by atoms with Crippen LogP contribution in [-0.4, -0.2) is 32.3 Å². The van der Waals surface area contributed by atoms with Gasteiger partial charge in [-0.05, 0) is 53.4 Å². The van der Waals surface area contributed by atoms with Crippen LogP contribution in [0.3, 0.4) is 0 Å². The zero-order valence-electron chi connectivity index (χ0n) is 12.6. The fourth-order valence-electron chi connectivity index (χ4n) is 2.54. The fourth-order valence-corrected chi connectivity index (χ4v) is 3.44. The largest absolute Gasteiger partial charge is 0.481 e. The number of rotatable bonds is 6. The number of alkyl halides is 1. The first kappa shape index (κ1) is 17.7. The maximum Gasteiger partial charge on any atom is 0.309 e. The predicted octanol–water partition coefficient (Wildman–Crippen LogP) is 3.42. The Balaban J connectivity index is 2.55. The lowest BCUT2D eigenvalue weighted by molar-refractivity contribution is -0.160. The molecule has 6 nitrogen and oxygen atoms in total. The van der Waals surface area contributed by atoms with E-state index in [9.17, 15) is 19.8 Å². The smallest absolute Gasteiger partial charge is 0.309 e. The highest BCUT2D eigenvalue weighted by molar-refractivity contribution is 9.10. The summed E-state index contributed by atoms with van der Waals surface area (Å²) in [5.74, 6) is -3.21. The van der Waals surface area contributed by atoms with Gasteiger partial charge in [-0.2, -0.15) is 5.10 Å². The van der Waals surface area contributed by atoms with Crippen LogP contribution in [0, 0.1) is 11.3 Å². The number of aromatic amines is 1. The average molecular weight is 404 g/mol. The van der Waals surface area contributed by atoms with Crippen molar-refractivity contribution in [3.05, 3.63) is 27.9 Å². The molecule has 0 fully saturated rings. The molecule has 0 aliphatic carbocycles. The Morgan fingerprint density at radius 2 is 2.09 bits per heavy atom. The number of nitrogens with zero attached hydrogens (tertiary/aromatic N) is 1. The number of hydrogen-bond donors (Lipinski definition) is 3. The Hall–Kier alpha value is -1.60. The van der Waals surface area contributed by atoms with Crippen LogP contribution >= 0.6 is 27.5 Å². The van der Waals surface area contributed by atoms with Crippen LogP contribution in [-0.2, 0) is 21.9 Å². The molecule has 0 aliphatic rings. The molecule has 8 heteroatoms. The fraction of sp³-hybridized carbons (Fsp3) is 0.400. The molecule has 0 bridgehead atoms. The second-order valence-electron chi connectivity index (χ2n) is 5.91. The molecule has 0 aliphatic heterocycles. The van der Waals surface area contributed by atoms with Gasteiger partial charge in [0.1, 0.15) is 0 Å². The number of carbonyl (C=O) groups is 2. The zero-order chi connectivity index (χ0) is 17.4. The molecule has 0 amide bonds. The number of fused-ring (bicyclic) bond motifs is 1. The zero-order valence-corrected chi connectivity index (χ0v) is 14.9. The number of carboxylic acids is 2. The molecule has 2 rings (SSSR count). The summed E-state index contributed by atoms with van der Waals surface area (Å²) in [6.45, 7) is 2.83. The highest BCUT2D eigenvalue weighted by Gasteiger charge is 2.42. The lowest BCUT2D eigenvalue weighted by atomic mass is 9.75. The van der Waals surface area contributed by atoms with E-state index in [1.54, 1.807) is 12.3 Å². The highest BCUT2D eigenvalue weighted by Crippen LogP contribution is 2.35. The van der Waals surface area contributed by atoms with Gasteiger partial charge in [-0.1, -0.05) is 0 Å². The molecule has 1 atom stereocenters.